The van der Waals surface area contributed by atoms with Gasteiger partial charge in [0.1, 0.15) is 6.54 Å². The van der Waals surface area contributed by atoms with Crippen molar-refractivity contribution in [1.29, 1.82) is 0 Å². The summed E-state index contributed by atoms with van der Waals surface area (Å²) in [4.78, 5) is 28.8. The molecule has 0 N–H and O–H groups in total. The summed E-state index contributed by atoms with van der Waals surface area (Å²) in [6.45, 7) is 0.212. The highest BCUT2D eigenvalue weighted by molar-refractivity contribution is 8.00. The maximum absolute atomic E-state index is 13.8. The monoisotopic (exact) mass is 374 g/mol. The molecule has 0 aromatic heterocycles. The van der Waals surface area contributed by atoms with Gasteiger partial charge in [-0.25, -0.2) is 4.39 Å². The van der Waals surface area contributed by atoms with Crippen LogP contribution >= 0.6 is 11.8 Å². The fourth-order valence-corrected chi connectivity index (χ4v) is 3.69. The van der Waals surface area contributed by atoms with E-state index in [2.05, 4.69) is 0 Å². The number of para-hydroxylation sites is 1. The molecule has 2 aromatic rings. The highest BCUT2D eigenvalue weighted by Gasteiger charge is 2.27. The van der Waals surface area contributed by atoms with E-state index in [1.54, 1.807) is 13.1 Å². The Kier molecular flexibility index (Phi) is 5.46. The second-order valence-corrected chi connectivity index (χ2v) is 6.97. The maximum Gasteiger partial charge on any atom is 0.242 e. The predicted octanol–water partition coefficient (Wildman–Crippen LogP) is 2.93. The van der Waals surface area contributed by atoms with E-state index >= 15 is 0 Å². The van der Waals surface area contributed by atoms with Crippen LogP contribution in [0.5, 0.6) is 5.75 Å². The number of ether oxygens (including phenoxy) is 1. The van der Waals surface area contributed by atoms with Crippen molar-refractivity contribution in [3.63, 3.8) is 0 Å². The lowest BCUT2D eigenvalue weighted by molar-refractivity contribution is -0.130. The fourth-order valence-electron chi connectivity index (χ4n) is 2.75. The number of hydrogen-bond acceptors (Lipinski definition) is 4. The SMILES string of the molecule is COc1ccc(CN(C)C(=O)CN2C(=O)CSc3ccccc32)cc1F. The Balaban J connectivity index is 1.70. The van der Waals surface area contributed by atoms with Crippen LogP contribution in [-0.2, 0) is 16.1 Å². The van der Waals surface area contributed by atoms with E-state index in [4.69, 9.17) is 4.74 Å². The van der Waals surface area contributed by atoms with E-state index in [0.29, 0.717) is 11.3 Å². The molecule has 0 radical (unpaired) electrons. The number of benzene rings is 2. The highest BCUT2D eigenvalue weighted by Crippen LogP contribution is 2.34. The molecule has 0 aliphatic carbocycles. The summed E-state index contributed by atoms with van der Waals surface area (Å²) >= 11 is 1.47. The molecule has 0 spiro atoms. The van der Waals surface area contributed by atoms with Gasteiger partial charge in [0.15, 0.2) is 11.6 Å². The van der Waals surface area contributed by atoms with Crippen molar-refractivity contribution >= 4 is 29.3 Å². The van der Waals surface area contributed by atoms with Crippen molar-refractivity contribution in [3.8, 4) is 5.75 Å². The minimum absolute atomic E-state index is 0.0362. The average molecular weight is 374 g/mol. The van der Waals surface area contributed by atoms with Crippen molar-refractivity contribution in [1.82, 2.24) is 4.90 Å². The Labute approximate surface area is 155 Å². The van der Waals surface area contributed by atoms with E-state index in [-0.39, 0.29) is 30.7 Å². The minimum atomic E-state index is -0.469. The third-order valence-electron chi connectivity index (χ3n) is 4.16. The van der Waals surface area contributed by atoms with E-state index < -0.39 is 5.82 Å². The molecule has 1 aliphatic heterocycles. The first-order valence-corrected chi connectivity index (χ1v) is 9.06. The van der Waals surface area contributed by atoms with E-state index in [9.17, 15) is 14.0 Å². The van der Waals surface area contributed by atoms with Gasteiger partial charge in [0.2, 0.25) is 11.8 Å². The minimum Gasteiger partial charge on any atom is -0.494 e. The smallest absolute Gasteiger partial charge is 0.242 e. The summed E-state index contributed by atoms with van der Waals surface area (Å²) in [5.74, 6) is -0.293. The molecule has 26 heavy (non-hydrogen) atoms. The van der Waals surface area contributed by atoms with Crippen LogP contribution < -0.4 is 9.64 Å². The van der Waals surface area contributed by atoms with Crippen LogP contribution in [0.1, 0.15) is 5.56 Å². The molecule has 136 valence electrons. The van der Waals surface area contributed by atoms with Gasteiger partial charge in [-0.15, -0.1) is 11.8 Å². The zero-order chi connectivity index (χ0) is 18.7. The first kappa shape index (κ1) is 18.3. The molecule has 0 fully saturated rings. The van der Waals surface area contributed by atoms with Gasteiger partial charge in [0.25, 0.3) is 0 Å². The normalized spacial score (nSPS) is 13.3. The molecule has 3 rings (SSSR count). The van der Waals surface area contributed by atoms with Crippen LogP contribution in [0.3, 0.4) is 0 Å². The van der Waals surface area contributed by atoms with E-state index in [1.165, 1.54) is 40.8 Å². The Morgan fingerprint density at radius 2 is 2.08 bits per heavy atom. The number of amides is 2. The Bertz CT molecular complexity index is 843. The van der Waals surface area contributed by atoms with Gasteiger partial charge in [0.05, 0.1) is 18.6 Å². The van der Waals surface area contributed by atoms with Crippen LogP contribution in [0, 0.1) is 5.82 Å². The van der Waals surface area contributed by atoms with Crippen LogP contribution in [0.2, 0.25) is 0 Å². The lowest BCUT2D eigenvalue weighted by Crippen LogP contribution is -2.43. The molecule has 0 saturated heterocycles. The first-order valence-electron chi connectivity index (χ1n) is 8.08. The lowest BCUT2D eigenvalue weighted by atomic mass is 10.2. The number of halogens is 1. The third-order valence-corrected chi connectivity index (χ3v) is 5.21. The Hall–Kier alpha value is -2.54. The second-order valence-electron chi connectivity index (χ2n) is 5.95. The molecule has 0 saturated carbocycles. The van der Waals surface area contributed by atoms with Crippen LogP contribution in [0.4, 0.5) is 10.1 Å². The number of carbonyl (C=O) groups excluding carboxylic acids is 2. The van der Waals surface area contributed by atoms with Gasteiger partial charge >= 0.3 is 0 Å². The van der Waals surface area contributed by atoms with Gasteiger partial charge in [0, 0.05) is 18.5 Å². The molecular formula is C19H19FN2O3S. The predicted molar refractivity (Wildman–Crippen MR) is 98.9 cm³/mol. The summed E-state index contributed by atoms with van der Waals surface area (Å²) in [6, 6.07) is 12.1. The zero-order valence-corrected chi connectivity index (χ0v) is 15.4. The van der Waals surface area contributed by atoms with Gasteiger partial charge in [-0.2, -0.15) is 0 Å². The Morgan fingerprint density at radius 1 is 1.31 bits per heavy atom. The molecule has 2 amide bonds. The van der Waals surface area contributed by atoms with Gasteiger partial charge < -0.3 is 14.5 Å². The van der Waals surface area contributed by atoms with Gasteiger partial charge in [-0.05, 0) is 29.8 Å². The van der Waals surface area contributed by atoms with Crippen molar-refractivity contribution in [2.45, 2.75) is 11.4 Å². The Morgan fingerprint density at radius 3 is 2.81 bits per heavy atom. The summed E-state index contributed by atoms with van der Waals surface area (Å²) in [5.41, 5.74) is 1.41. The molecule has 0 atom stereocenters. The zero-order valence-electron chi connectivity index (χ0n) is 14.6. The van der Waals surface area contributed by atoms with Crippen LogP contribution in [0.15, 0.2) is 47.4 Å². The maximum atomic E-state index is 13.8. The van der Waals surface area contributed by atoms with Crippen LogP contribution in [-0.4, -0.2) is 43.2 Å². The molecule has 0 unspecified atom stereocenters. The third kappa shape index (κ3) is 3.83. The van der Waals surface area contributed by atoms with Gasteiger partial charge in [-0.3, -0.25) is 9.59 Å². The number of rotatable bonds is 5. The molecule has 2 aromatic carbocycles. The summed E-state index contributed by atoms with van der Waals surface area (Å²) in [5, 5.41) is 0. The molecule has 1 aliphatic rings. The fraction of sp³-hybridized carbons (Fsp3) is 0.263. The summed E-state index contributed by atoms with van der Waals surface area (Å²) in [7, 11) is 3.04. The second kappa shape index (κ2) is 7.78. The molecule has 5 nitrogen and oxygen atoms in total. The molecule has 7 heteroatoms. The van der Waals surface area contributed by atoms with Gasteiger partial charge in [-0.1, -0.05) is 18.2 Å². The average Bonchev–Trinajstić information content (AvgIpc) is 2.64. The van der Waals surface area contributed by atoms with E-state index in [0.717, 1.165) is 10.6 Å². The van der Waals surface area contributed by atoms with Crippen LogP contribution in [0.25, 0.3) is 0 Å². The first-order chi connectivity index (χ1) is 12.5. The molecular weight excluding hydrogens is 355 g/mol. The number of hydrogen-bond donors (Lipinski definition) is 0. The van der Waals surface area contributed by atoms with Crippen molar-refractivity contribution in [3.05, 3.63) is 53.8 Å². The number of nitrogens with zero attached hydrogens (tertiary/aromatic N) is 2. The topological polar surface area (TPSA) is 49.9 Å². The van der Waals surface area contributed by atoms with E-state index in [1.807, 2.05) is 24.3 Å². The standard InChI is InChI=1S/C19H19FN2O3S/c1-21(10-13-7-8-16(25-2)14(20)9-13)18(23)11-22-15-5-3-4-6-17(15)26-12-19(22)24/h3-9H,10-12H2,1-2H3. The largest absolute Gasteiger partial charge is 0.494 e. The summed E-state index contributed by atoms with van der Waals surface area (Å²) < 4.78 is 18.7. The number of likely N-dealkylation sites (N-methyl/N-ethyl adjacent to an activating group) is 1. The number of carbonyl (C=O) groups is 2. The summed E-state index contributed by atoms with van der Waals surface area (Å²) in [6.07, 6.45) is 0. The highest BCUT2D eigenvalue weighted by atomic mass is 32.2. The number of fused-ring (bicyclic) bond motifs is 1. The van der Waals surface area contributed by atoms with Crippen molar-refractivity contribution in [2.24, 2.45) is 0 Å². The molecule has 1 heterocycles. The number of thioether (sulfide) groups is 1. The van der Waals surface area contributed by atoms with Crippen molar-refractivity contribution < 1.29 is 18.7 Å². The van der Waals surface area contributed by atoms with Crippen molar-refractivity contribution in [2.75, 3.05) is 31.4 Å². The number of methoxy groups -OCH3 is 1. The quantitative estimate of drug-likeness (QED) is 0.808. The lowest BCUT2D eigenvalue weighted by Gasteiger charge is -2.30. The number of anilines is 1. The molecule has 0 bridgehead atoms.